The van der Waals surface area contributed by atoms with E-state index in [0.29, 0.717) is 38.5 Å². The number of fused-ring (bicyclic) bond motifs is 1. The molecule has 6 heteroatoms. The number of methoxy groups -OCH3 is 1. The first-order chi connectivity index (χ1) is 12.2. The lowest BCUT2D eigenvalue weighted by Crippen LogP contribution is -2.29. The minimum atomic E-state index is -0.0602. The van der Waals surface area contributed by atoms with Crippen LogP contribution in [-0.2, 0) is 11.2 Å². The molecule has 6 nitrogen and oxygen atoms in total. The number of amides is 1. The van der Waals surface area contributed by atoms with Crippen molar-refractivity contribution >= 4 is 5.91 Å². The second-order valence-electron chi connectivity index (χ2n) is 5.53. The summed E-state index contributed by atoms with van der Waals surface area (Å²) in [6.45, 7) is 1.93. The standard InChI is InChI=1S/C19H21NO5/c1-22-15-3-5-16(6-4-15)23-9-8-20-19(21)13-14-2-7-17-18(12-14)25-11-10-24-17/h2-7,12H,8-11,13H2,1H3,(H,20,21). The molecule has 0 saturated carbocycles. The molecule has 1 heterocycles. The van der Waals surface area contributed by atoms with Crippen LogP contribution in [0.25, 0.3) is 0 Å². The summed E-state index contributed by atoms with van der Waals surface area (Å²) in [5, 5.41) is 2.84. The first-order valence-electron chi connectivity index (χ1n) is 8.16. The molecule has 0 bridgehead atoms. The molecule has 1 N–H and O–H groups in total. The highest BCUT2D eigenvalue weighted by molar-refractivity contribution is 5.78. The van der Waals surface area contributed by atoms with E-state index >= 15 is 0 Å². The predicted octanol–water partition coefficient (Wildman–Crippen LogP) is 2.20. The van der Waals surface area contributed by atoms with E-state index in [9.17, 15) is 4.79 Å². The summed E-state index contributed by atoms with van der Waals surface area (Å²) in [6.07, 6.45) is 0.291. The fourth-order valence-electron chi connectivity index (χ4n) is 2.48. The van der Waals surface area contributed by atoms with E-state index < -0.39 is 0 Å². The summed E-state index contributed by atoms with van der Waals surface area (Å²) < 4.78 is 21.7. The van der Waals surface area contributed by atoms with Crippen LogP contribution in [0, 0.1) is 0 Å². The molecule has 0 unspecified atom stereocenters. The van der Waals surface area contributed by atoms with Crippen LogP contribution in [-0.4, -0.2) is 39.4 Å². The van der Waals surface area contributed by atoms with Crippen LogP contribution in [0.5, 0.6) is 23.0 Å². The number of hydrogen-bond acceptors (Lipinski definition) is 5. The zero-order chi connectivity index (χ0) is 17.5. The molecule has 0 aliphatic carbocycles. The van der Waals surface area contributed by atoms with Gasteiger partial charge in [-0.2, -0.15) is 0 Å². The third-order valence-electron chi connectivity index (χ3n) is 3.72. The van der Waals surface area contributed by atoms with Gasteiger partial charge in [-0.15, -0.1) is 0 Å². The molecule has 1 aliphatic heterocycles. The fraction of sp³-hybridized carbons (Fsp3) is 0.316. The van der Waals surface area contributed by atoms with E-state index in [2.05, 4.69) is 5.32 Å². The third kappa shape index (κ3) is 4.79. The smallest absolute Gasteiger partial charge is 0.224 e. The number of carbonyl (C=O) groups excluding carboxylic acids is 1. The van der Waals surface area contributed by atoms with Gasteiger partial charge < -0.3 is 24.3 Å². The highest BCUT2D eigenvalue weighted by atomic mass is 16.6. The number of benzene rings is 2. The number of nitrogens with one attached hydrogen (secondary N) is 1. The molecule has 0 saturated heterocycles. The third-order valence-corrected chi connectivity index (χ3v) is 3.72. The van der Waals surface area contributed by atoms with Crippen molar-refractivity contribution in [3.63, 3.8) is 0 Å². The zero-order valence-electron chi connectivity index (χ0n) is 14.1. The first-order valence-corrected chi connectivity index (χ1v) is 8.16. The molecule has 132 valence electrons. The topological polar surface area (TPSA) is 66.0 Å². The molecule has 0 atom stereocenters. The van der Waals surface area contributed by atoms with Crippen molar-refractivity contribution < 1.29 is 23.7 Å². The van der Waals surface area contributed by atoms with Crippen LogP contribution in [0.2, 0.25) is 0 Å². The van der Waals surface area contributed by atoms with E-state index in [1.807, 2.05) is 42.5 Å². The Kier molecular flexibility index (Phi) is 5.61. The fourth-order valence-corrected chi connectivity index (χ4v) is 2.48. The van der Waals surface area contributed by atoms with Crippen LogP contribution in [0.1, 0.15) is 5.56 Å². The molecular formula is C19H21NO5. The largest absolute Gasteiger partial charge is 0.497 e. The highest BCUT2D eigenvalue weighted by Crippen LogP contribution is 2.30. The average Bonchev–Trinajstić information content (AvgIpc) is 2.65. The molecule has 1 amide bonds. The van der Waals surface area contributed by atoms with E-state index in [1.54, 1.807) is 7.11 Å². The Morgan fingerprint density at radius 2 is 1.76 bits per heavy atom. The van der Waals surface area contributed by atoms with Crippen LogP contribution in [0.15, 0.2) is 42.5 Å². The molecule has 25 heavy (non-hydrogen) atoms. The number of hydrogen-bond donors (Lipinski definition) is 1. The molecule has 1 aliphatic rings. The zero-order valence-corrected chi connectivity index (χ0v) is 14.1. The van der Waals surface area contributed by atoms with E-state index in [0.717, 1.165) is 22.8 Å². The molecule has 2 aromatic rings. The van der Waals surface area contributed by atoms with Gasteiger partial charge in [-0.1, -0.05) is 6.07 Å². The lowest BCUT2D eigenvalue weighted by atomic mass is 10.1. The summed E-state index contributed by atoms with van der Waals surface area (Å²) in [4.78, 5) is 12.0. The van der Waals surface area contributed by atoms with Crippen LogP contribution in [0.3, 0.4) is 0 Å². The second kappa shape index (κ2) is 8.28. The maximum Gasteiger partial charge on any atom is 0.224 e. The molecule has 0 radical (unpaired) electrons. The van der Waals surface area contributed by atoms with Gasteiger partial charge in [-0.3, -0.25) is 4.79 Å². The minimum absolute atomic E-state index is 0.0602. The quantitative estimate of drug-likeness (QED) is 0.781. The van der Waals surface area contributed by atoms with Gasteiger partial charge >= 0.3 is 0 Å². The highest BCUT2D eigenvalue weighted by Gasteiger charge is 2.13. The van der Waals surface area contributed by atoms with Crippen molar-refractivity contribution in [2.24, 2.45) is 0 Å². The van der Waals surface area contributed by atoms with Gasteiger partial charge in [0.25, 0.3) is 0 Å². The van der Waals surface area contributed by atoms with E-state index in [1.165, 1.54) is 0 Å². The van der Waals surface area contributed by atoms with Gasteiger partial charge in [0, 0.05) is 0 Å². The maximum absolute atomic E-state index is 12.0. The molecular weight excluding hydrogens is 322 g/mol. The summed E-state index contributed by atoms with van der Waals surface area (Å²) in [5.74, 6) is 2.87. The van der Waals surface area contributed by atoms with Gasteiger partial charge in [-0.25, -0.2) is 0 Å². The lowest BCUT2D eigenvalue weighted by Gasteiger charge is -2.18. The molecule has 0 spiro atoms. The summed E-state index contributed by atoms with van der Waals surface area (Å²) in [5.41, 5.74) is 0.887. The molecule has 0 fully saturated rings. The Labute approximate surface area is 146 Å². The summed E-state index contributed by atoms with van der Waals surface area (Å²) >= 11 is 0. The lowest BCUT2D eigenvalue weighted by molar-refractivity contribution is -0.120. The maximum atomic E-state index is 12.0. The molecule has 3 rings (SSSR count). The van der Waals surface area contributed by atoms with Gasteiger partial charge in [0.15, 0.2) is 11.5 Å². The monoisotopic (exact) mass is 343 g/mol. The SMILES string of the molecule is COc1ccc(OCCNC(=O)Cc2ccc3c(c2)OCCO3)cc1. The van der Waals surface area contributed by atoms with Crippen molar-refractivity contribution in [2.45, 2.75) is 6.42 Å². The first kappa shape index (κ1) is 17.0. The van der Waals surface area contributed by atoms with Crippen molar-refractivity contribution in [2.75, 3.05) is 33.5 Å². The summed E-state index contributed by atoms with van der Waals surface area (Å²) in [7, 11) is 1.62. The Morgan fingerprint density at radius 3 is 2.52 bits per heavy atom. The minimum Gasteiger partial charge on any atom is -0.497 e. The normalized spacial score (nSPS) is 12.4. The predicted molar refractivity (Wildman–Crippen MR) is 92.6 cm³/mol. The van der Waals surface area contributed by atoms with Crippen LogP contribution >= 0.6 is 0 Å². The van der Waals surface area contributed by atoms with Gasteiger partial charge in [0.2, 0.25) is 5.91 Å². The van der Waals surface area contributed by atoms with Crippen molar-refractivity contribution in [1.29, 1.82) is 0 Å². The number of carbonyl (C=O) groups is 1. The van der Waals surface area contributed by atoms with E-state index in [-0.39, 0.29) is 5.91 Å². The Bertz CT molecular complexity index is 714. The van der Waals surface area contributed by atoms with Crippen LogP contribution < -0.4 is 24.3 Å². The second-order valence-corrected chi connectivity index (χ2v) is 5.53. The van der Waals surface area contributed by atoms with Gasteiger partial charge in [0.1, 0.15) is 31.3 Å². The van der Waals surface area contributed by atoms with Gasteiger partial charge in [-0.05, 0) is 42.0 Å². The van der Waals surface area contributed by atoms with Crippen molar-refractivity contribution in [1.82, 2.24) is 5.32 Å². The van der Waals surface area contributed by atoms with Gasteiger partial charge in [0.05, 0.1) is 20.1 Å². The van der Waals surface area contributed by atoms with E-state index in [4.69, 9.17) is 18.9 Å². The molecule has 2 aromatic carbocycles. The van der Waals surface area contributed by atoms with Crippen LogP contribution in [0.4, 0.5) is 0 Å². The Hall–Kier alpha value is -2.89. The number of ether oxygens (including phenoxy) is 4. The number of rotatable bonds is 7. The van der Waals surface area contributed by atoms with Crippen molar-refractivity contribution in [3.05, 3.63) is 48.0 Å². The summed E-state index contributed by atoms with van der Waals surface area (Å²) in [6, 6.07) is 12.9. The Morgan fingerprint density at radius 1 is 1.04 bits per heavy atom. The average molecular weight is 343 g/mol. The molecule has 0 aromatic heterocycles. The Balaban J connectivity index is 1.40. The van der Waals surface area contributed by atoms with Crippen molar-refractivity contribution in [3.8, 4) is 23.0 Å².